The fraction of sp³-hybridized carbons (Fsp3) is 0.136. The summed E-state index contributed by atoms with van der Waals surface area (Å²) in [6.07, 6.45) is 5.64. The maximum atomic E-state index is 12.3. The minimum Gasteiger partial charge on any atom is -0.351 e. The smallest absolute Gasteiger partial charge is 0.261 e. The van der Waals surface area contributed by atoms with Gasteiger partial charge in [-0.05, 0) is 29.7 Å². The van der Waals surface area contributed by atoms with Gasteiger partial charge in [-0.15, -0.1) is 0 Å². The van der Waals surface area contributed by atoms with Crippen molar-refractivity contribution >= 4 is 23.6 Å². The normalized spacial score (nSPS) is 11.1. The van der Waals surface area contributed by atoms with Crippen LogP contribution in [0, 0.1) is 11.3 Å². The number of benzene rings is 2. The van der Waals surface area contributed by atoms with Gasteiger partial charge in [0, 0.05) is 23.3 Å². The molecule has 3 aromatic rings. The van der Waals surface area contributed by atoms with Gasteiger partial charge in [0.15, 0.2) is 0 Å². The van der Waals surface area contributed by atoms with Gasteiger partial charge in [-0.1, -0.05) is 60.1 Å². The van der Waals surface area contributed by atoms with E-state index in [9.17, 15) is 10.1 Å². The van der Waals surface area contributed by atoms with Crippen molar-refractivity contribution in [2.24, 2.45) is 0 Å². The number of nitrogens with zero attached hydrogens (tertiary/aromatic N) is 3. The second-order valence-corrected chi connectivity index (χ2v) is 6.63. The Morgan fingerprint density at radius 1 is 1.18 bits per heavy atom. The summed E-state index contributed by atoms with van der Waals surface area (Å²) in [5, 5.41) is 17.1. The molecule has 1 heterocycles. The highest BCUT2D eigenvalue weighted by molar-refractivity contribution is 6.31. The largest absolute Gasteiger partial charge is 0.351 e. The molecule has 0 fully saturated rings. The number of hydrogen-bond acceptors (Lipinski definition) is 3. The standard InChI is InChI=1S/C22H19ClN4O/c23-21-9-5-4-8-19(21)16-27-15-18(14-26-27)12-20(13-24)22(28)25-11-10-17-6-2-1-3-7-17/h1-9,12,14-15H,10-11,16H2,(H,25,28)/b20-12+. The molecular weight excluding hydrogens is 372 g/mol. The predicted octanol–water partition coefficient (Wildman–Crippen LogP) is 3.85. The van der Waals surface area contributed by atoms with Gasteiger partial charge in [0.2, 0.25) is 0 Å². The number of amides is 1. The van der Waals surface area contributed by atoms with Crippen molar-refractivity contribution in [2.75, 3.05) is 6.54 Å². The Balaban J connectivity index is 1.61. The van der Waals surface area contributed by atoms with Crippen LogP contribution in [0.3, 0.4) is 0 Å². The number of rotatable bonds is 7. The van der Waals surface area contributed by atoms with E-state index in [0.29, 0.717) is 30.1 Å². The van der Waals surface area contributed by atoms with E-state index in [0.717, 1.165) is 11.1 Å². The Morgan fingerprint density at radius 2 is 1.93 bits per heavy atom. The highest BCUT2D eigenvalue weighted by Crippen LogP contribution is 2.16. The summed E-state index contributed by atoms with van der Waals surface area (Å²) >= 11 is 6.17. The SMILES string of the molecule is N#C/C(=C\c1cnn(Cc2ccccc2Cl)c1)C(=O)NCCc1ccccc1. The molecule has 0 aliphatic heterocycles. The number of aromatic nitrogens is 2. The van der Waals surface area contributed by atoms with Gasteiger partial charge >= 0.3 is 0 Å². The summed E-state index contributed by atoms with van der Waals surface area (Å²) in [4.78, 5) is 12.3. The first-order valence-electron chi connectivity index (χ1n) is 8.85. The molecule has 2 aromatic carbocycles. The molecule has 140 valence electrons. The molecule has 0 bridgehead atoms. The lowest BCUT2D eigenvalue weighted by Crippen LogP contribution is -2.26. The average molecular weight is 391 g/mol. The summed E-state index contributed by atoms with van der Waals surface area (Å²) in [5.74, 6) is -0.391. The maximum Gasteiger partial charge on any atom is 0.261 e. The van der Waals surface area contributed by atoms with Crippen molar-refractivity contribution in [1.29, 1.82) is 5.26 Å². The van der Waals surface area contributed by atoms with E-state index < -0.39 is 5.91 Å². The van der Waals surface area contributed by atoms with Crippen LogP contribution >= 0.6 is 11.6 Å². The summed E-state index contributed by atoms with van der Waals surface area (Å²) in [6.45, 7) is 0.978. The van der Waals surface area contributed by atoms with Crippen molar-refractivity contribution in [3.05, 3.63) is 94.3 Å². The number of carbonyl (C=O) groups excluding carboxylic acids is 1. The lowest BCUT2D eigenvalue weighted by atomic mass is 10.1. The molecule has 5 nitrogen and oxygen atoms in total. The quantitative estimate of drug-likeness (QED) is 0.492. The number of hydrogen-bond donors (Lipinski definition) is 1. The molecule has 0 atom stereocenters. The van der Waals surface area contributed by atoms with E-state index in [-0.39, 0.29) is 5.57 Å². The number of nitrogens with one attached hydrogen (secondary N) is 1. The third-order valence-electron chi connectivity index (χ3n) is 4.16. The van der Waals surface area contributed by atoms with Crippen molar-refractivity contribution in [3.8, 4) is 6.07 Å². The predicted molar refractivity (Wildman–Crippen MR) is 110 cm³/mol. The van der Waals surface area contributed by atoms with Crippen LogP contribution in [0.1, 0.15) is 16.7 Å². The van der Waals surface area contributed by atoms with Crippen LogP contribution < -0.4 is 5.32 Å². The van der Waals surface area contributed by atoms with E-state index >= 15 is 0 Å². The van der Waals surface area contributed by atoms with Gasteiger partial charge in [0.1, 0.15) is 11.6 Å². The maximum absolute atomic E-state index is 12.3. The zero-order chi connectivity index (χ0) is 19.8. The Labute approximate surface area is 168 Å². The molecule has 3 rings (SSSR count). The Kier molecular flexibility index (Phi) is 6.61. The second-order valence-electron chi connectivity index (χ2n) is 6.22. The first-order valence-corrected chi connectivity index (χ1v) is 9.23. The molecule has 6 heteroatoms. The van der Waals surface area contributed by atoms with Crippen LogP contribution in [-0.2, 0) is 17.8 Å². The zero-order valence-corrected chi connectivity index (χ0v) is 15.9. The Morgan fingerprint density at radius 3 is 2.68 bits per heavy atom. The number of nitriles is 1. The number of carbonyl (C=O) groups is 1. The average Bonchev–Trinajstić information content (AvgIpc) is 3.15. The molecule has 0 saturated heterocycles. The minimum atomic E-state index is -0.391. The molecule has 28 heavy (non-hydrogen) atoms. The molecule has 0 saturated carbocycles. The molecule has 0 unspecified atom stereocenters. The van der Waals surface area contributed by atoms with Crippen molar-refractivity contribution in [3.63, 3.8) is 0 Å². The summed E-state index contributed by atoms with van der Waals surface area (Å²) in [5.41, 5.74) is 2.81. The monoisotopic (exact) mass is 390 g/mol. The topological polar surface area (TPSA) is 70.7 Å². The molecule has 0 radical (unpaired) electrons. The van der Waals surface area contributed by atoms with Crippen molar-refractivity contribution < 1.29 is 4.79 Å². The minimum absolute atomic E-state index is 0.0466. The van der Waals surface area contributed by atoms with E-state index in [1.807, 2.05) is 60.7 Å². The third-order valence-corrected chi connectivity index (χ3v) is 4.53. The summed E-state index contributed by atoms with van der Waals surface area (Å²) in [7, 11) is 0. The van der Waals surface area contributed by atoms with Crippen LogP contribution in [-0.4, -0.2) is 22.2 Å². The van der Waals surface area contributed by atoms with Crippen LogP contribution in [0.2, 0.25) is 5.02 Å². The van der Waals surface area contributed by atoms with E-state index in [1.165, 1.54) is 6.08 Å². The number of halogens is 1. The molecule has 1 N–H and O–H groups in total. The molecule has 1 aromatic heterocycles. The summed E-state index contributed by atoms with van der Waals surface area (Å²) in [6, 6.07) is 19.4. The Bertz CT molecular complexity index is 1020. The highest BCUT2D eigenvalue weighted by Gasteiger charge is 2.09. The second kappa shape index (κ2) is 9.54. The fourth-order valence-corrected chi connectivity index (χ4v) is 2.91. The Hall–Kier alpha value is -3.36. The molecular formula is C22H19ClN4O. The van der Waals surface area contributed by atoms with Crippen LogP contribution in [0.25, 0.3) is 6.08 Å². The first kappa shape index (κ1) is 19.4. The van der Waals surface area contributed by atoms with Gasteiger partial charge < -0.3 is 5.32 Å². The fourth-order valence-electron chi connectivity index (χ4n) is 2.72. The third kappa shape index (κ3) is 5.32. The first-order chi connectivity index (χ1) is 13.7. The molecule has 0 aliphatic rings. The van der Waals surface area contributed by atoms with Crippen LogP contribution in [0.4, 0.5) is 0 Å². The van der Waals surface area contributed by atoms with Gasteiger partial charge in [-0.2, -0.15) is 10.4 Å². The lowest BCUT2D eigenvalue weighted by molar-refractivity contribution is -0.117. The molecule has 0 spiro atoms. The molecule has 0 aliphatic carbocycles. The van der Waals surface area contributed by atoms with Crippen molar-refractivity contribution in [2.45, 2.75) is 13.0 Å². The summed E-state index contributed by atoms with van der Waals surface area (Å²) < 4.78 is 1.72. The highest BCUT2D eigenvalue weighted by atomic mass is 35.5. The lowest BCUT2D eigenvalue weighted by Gasteiger charge is -2.04. The van der Waals surface area contributed by atoms with Gasteiger partial charge in [-0.25, -0.2) is 0 Å². The van der Waals surface area contributed by atoms with Crippen LogP contribution in [0.5, 0.6) is 0 Å². The van der Waals surface area contributed by atoms with Crippen molar-refractivity contribution in [1.82, 2.24) is 15.1 Å². The van der Waals surface area contributed by atoms with Gasteiger partial charge in [0.25, 0.3) is 5.91 Å². The molecule has 1 amide bonds. The zero-order valence-electron chi connectivity index (χ0n) is 15.2. The van der Waals surface area contributed by atoms with Gasteiger partial charge in [0.05, 0.1) is 12.7 Å². The van der Waals surface area contributed by atoms with Crippen LogP contribution in [0.15, 0.2) is 72.6 Å². The van der Waals surface area contributed by atoms with E-state index in [2.05, 4.69) is 10.4 Å². The van der Waals surface area contributed by atoms with Gasteiger partial charge in [-0.3, -0.25) is 9.48 Å². The van der Waals surface area contributed by atoms with E-state index in [4.69, 9.17) is 11.6 Å². The van der Waals surface area contributed by atoms with E-state index in [1.54, 1.807) is 17.1 Å².